The van der Waals surface area contributed by atoms with Crippen molar-refractivity contribution >= 4 is 15.9 Å². The molecule has 1 saturated heterocycles. The lowest BCUT2D eigenvalue weighted by Gasteiger charge is -2.24. The number of hydrogen-bond donors (Lipinski definition) is 1. The van der Waals surface area contributed by atoms with Gasteiger partial charge < -0.3 is 14.4 Å². The summed E-state index contributed by atoms with van der Waals surface area (Å²) in [6, 6.07) is -0.139. The van der Waals surface area contributed by atoms with Gasteiger partial charge in [-0.2, -0.15) is 4.98 Å². The summed E-state index contributed by atoms with van der Waals surface area (Å²) in [5.41, 5.74) is 0.386. The normalized spacial score (nSPS) is 27.9. The van der Waals surface area contributed by atoms with Crippen LogP contribution in [-0.2, 0) is 15.4 Å². The molecule has 152 valence electrons. The van der Waals surface area contributed by atoms with E-state index in [1.165, 1.54) is 10.6 Å². The van der Waals surface area contributed by atoms with E-state index in [-0.39, 0.29) is 24.4 Å². The molecule has 1 amide bonds. The van der Waals surface area contributed by atoms with Gasteiger partial charge in [0.2, 0.25) is 15.9 Å². The summed E-state index contributed by atoms with van der Waals surface area (Å²) in [7, 11) is -3.34. The summed E-state index contributed by atoms with van der Waals surface area (Å²) < 4.78 is 36.2. The van der Waals surface area contributed by atoms with Gasteiger partial charge in [0.25, 0.3) is 5.91 Å². The summed E-state index contributed by atoms with van der Waals surface area (Å²) in [4.78, 5) is 17.1. The molecule has 0 spiro atoms. The largest absolute Gasteiger partial charge is 0.361 e. The number of aromatic nitrogens is 3. The van der Waals surface area contributed by atoms with E-state index in [1.807, 2.05) is 0 Å². The molecule has 3 heterocycles. The lowest BCUT2D eigenvalue weighted by molar-refractivity contribution is 0.0932. The van der Waals surface area contributed by atoms with Crippen LogP contribution in [0.4, 0.5) is 0 Å². The molecule has 2 aliphatic rings. The van der Waals surface area contributed by atoms with Gasteiger partial charge in [-0.05, 0) is 39.5 Å². The smallest absolute Gasteiger partial charge is 0.257 e. The average Bonchev–Trinajstić information content (AvgIpc) is 3.30. The van der Waals surface area contributed by atoms with Crippen molar-refractivity contribution in [3.63, 3.8) is 0 Å². The summed E-state index contributed by atoms with van der Waals surface area (Å²) in [6.07, 6.45) is 2.36. The van der Waals surface area contributed by atoms with E-state index in [2.05, 4.69) is 20.6 Å². The van der Waals surface area contributed by atoms with Crippen molar-refractivity contribution in [2.24, 2.45) is 5.92 Å². The van der Waals surface area contributed by atoms with Gasteiger partial charge in [-0.15, -0.1) is 0 Å². The highest BCUT2D eigenvalue weighted by atomic mass is 32.2. The Morgan fingerprint density at radius 1 is 1.25 bits per heavy atom. The van der Waals surface area contributed by atoms with Crippen LogP contribution in [0.2, 0.25) is 0 Å². The van der Waals surface area contributed by atoms with Crippen molar-refractivity contribution in [2.45, 2.75) is 45.1 Å². The SMILES string of the molecule is Cc1noc([C@]23C[C@H](NC(=O)c4c(C)noc4C)CC2CN(S(C)(=O)=O)C3)n1. The Morgan fingerprint density at radius 2 is 2.00 bits per heavy atom. The van der Waals surface area contributed by atoms with Crippen molar-refractivity contribution in [3.8, 4) is 0 Å². The topological polar surface area (TPSA) is 131 Å². The predicted octanol–water partition coefficient (Wildman–Crippen LogP) is 0.704. The number of fused-ring (bicyclic) bond motifs is 1. The van der Waals surface area contributed by atoms with E-state index in [4.69, 9.17) is 9.05 Å². The molecule has 3 atom stereocenters. The Balaban J connectivity index is 1.60. The number of nitrogens with zero attached hydrogens (tertiary/aromatic N) is 4. The molecule has 1 N–H and O–H groups in total. The number of carbonyl (C=O) groups is 1. The van der Waals surface area contributed by atoms with Crippen LogP contribution in [0.3, 0.4) is 0 Å². The molecule has 2 aromatic heterocycles. The maximum Gasteiger partial charge on any atom is 0.257 e. The van der Waals surface area contributed by atoms with Crippen LogP contribution in [0.15, 0.2) is 9.05 Å². The van der Waals surface area contributed by atoms with Gasteiger partial charge in [0.15, 0.2) is 5.82 Å². The first-order valence-electron chi connectivity index (χ1n) is 9.10. The molecule has 1 aliphatic heterocycles. The number of sulfonamides is 1. The second-order valence-corrected chi connectivity index (χ2v) is 9.85. The van der Waals surface area contributed by atoms with Crippen LogP contribution >= 0.6 is 0 Å². The van der Waals surface area contributed by atoms with Crippen LogP contribution in [-0.4, -0.2) is 59.3 Å². The van der Waals surface area contributed by atoms with Gasteiger partial charge in [-0.1, -0.05) is 10.3 Å². The van der Waals surface area contributed by atoms with E-state index < -0.39 is 15.4 Å². The lowest BCUT2D eigenvalue weighted by atomic mass is 9.80. The van der Waals surface area contributed by atoms with Crippen molar-refractivity contribution in [1.29, 1.82) is 0 Å². The Hall–Kier alpha value is -2.27. The first-order chi connectivity index (χ1) is 13.1. The number of rotatable bonds is 4. The Bertz CT molecular complexity index is 1010. The lowest BCUT2D eigenvalue weighted by Crippen LogP contribution is -2.39. The number of carbonyl (C=O) groups excluding carboxylic acids is 1. The highest BCUT2D eigenvalue weighted by Gasteiger charge is 2.59. The maximum absolute atomic E-state index is 12.7. The van der Waals surface area contributed by atoms with E-state index in [1.54, 1.807) is 20.8 Å². The monoisotopic (exact) mass is 409 g/mol. The van der Waals surface area contributed by atoms with Crippen molar-refractivity contribution < 1.29 is 22.3 Å². The average molecular weight is 409 g/mol. The van der Waals surface area contributed by atoms with Crippen molar-refractivity contribution in [2.75, 3.05) is 19.3 Å². The van der Waals surface area contributed by atoms with E-state index in [0.29, 0.717) is 48.1 Å². The van der Waals surface area contributed by atoms with Crippen LogP contribution in [0, 0.1) is 26.7 Å². The first-order valence-corrected chi connectivity index (χ1v) is 10.9. The zero-order valence-corrected chi connectivity index (χ0v) is 17.0. The zero-order chi connectivity index (χ0) is 20.3. The molecule has 28 heavy (non-hydrogen) atoms. The Kier molecular flexibility index (Phi) is 4.34. The van der Waals surface area contributed by atoms with Gasteiger partial charge in [0, 0.05) is 19.1 Å². The second kappa shape index (κ2) is 6.38. The van der Waals surface area contributed by atoms with E-state index in [0.717, 1.165) is 0 Å². The molecule has 1 aliphatic carbocycles. The third-order valence-corrected chi connectivity index (χ3v) is 7.08. The van der Waals surface area contributed by atoms with Gasteiger partial charge in [0.05, 0.1) is 17.4 Å². The highest BCUT2D eigenvalue weighted by molar-refractivity contribution is 7.88. The quantitative estimate of drug-likeness (QED) is 0.781. The van der Waals surface area contributed by atoms with Crippen LogP contribution in [0.25, 0.3) is 0 Å². The minimum atomic E-state index is -3.34. The summed E-state index contributed by atoms with van der Waals surface area (Å²) >= 11 is 0. The highest BCUT2D eigenvalue weighted by Crippen LogP contribution is 2.50. The molecule has 11 heteroatoms. The second-order valence-electron chi connectivity index (χ2n) is 7.86. The van der Waals surface area contributed by atoms with Crippen LogP contribution < -0.4 is 5.32 Å². The zero-order valence-electron chi connectivity index (χ0n) is 16.2. The molecule has 0 radical (unpaired) electrons. The number of amides is 1. The summed E-state index contributed by atoms with van der Waals surface area (Å²) in [5, 5.41) is 10.8. The molecule has 1 saturated carbocycles. The van der Waals surface area contributed by atoms with Crippen molar-refractivity contribution in [3.05, 3.63) is 28.7 Å². The summed E-state index contributed by atoms with van der Waals surface area (Å²) in [5.74, 6) is 1.16. The molecule has 2 aromatic rings. The van der Waals surface area contributed by atoms with E-state index in [9.17, 15) is 13.2 Å². The maximum atomic E-state index is 12.7. The molecule has 4 rings (SSSR count). The molecule has 0 aromatic carbocycles. The fourth-order valence-electron chi connectivity index (χ4n) is 4.58. The van der Waals surface area contributed by atoms with Gasteiger partial charge in [-0.3, -0.25) is 4.79 Å². The Morgan fingerprint density at radius 3 is 2.57 bits per heavy atom. The minimum Gasteiger partial charge on any atom is -0.361 e. The van der Waals surface area contributed by atoms with Crippen LogP contribution in [0.1, 0.15) is 46.4 Å². The number of aryl methyl sites for hydroxylation is 3. The molecular formula is C17H23N5O5S. The molecule has 2 fully saturated rings. The van der Waals surface area contributed by atoms with Gasteiger partial charge in [-0.25, -0.2) is 12.7 Å². The predicted molar refractivity (Wildman–Crippen MR) is 97.1 cm³/mol. The van der Waals surface area contributed by atoms with Crippen molar-refractivity contribution in [1.82, 2.24) is 24.9 Å². The molecular weight excluding hydrogens is 386 g/mol. The van der Waals surface area contributed by atoms with Gasteiger partial charge in [0.1, 0.15) is 11.3 Å². The Labute approximate surface area is 162 Å². The molecule has 0 bridgehead atoms. The molecule has 1 unspecified atom stereocenters. The third-order valence-electron chi connectivity index (χ3n) is 5.86. The van der Waals surface area contributed by atoms with Gasteiger partial charge >= 0.3 is 0 Å². The number of hydrogen-bond acceptors (Lipinski definition) is 8. The fourth-order valence-corrected chi connectivity index (χ4v) is 5.50. The van der Waals surface area contributed by atoms with E-state index >= 15 is 0 Å². The summed E-state index contributed by atoms with van der Waals surface area (Å²) in [6.45, 7) is 5.80. The minimum absolute atomic E-state index is 0.0166. The fraction of sp³-hybridized carbons (Fsp3) is 0.647. The first kappa shape index (κ1) is 19.1. The standard InChI is InChI=1S/C17H23N5O5S/c1-9-14(10(2)26-20-9)15(23)19-13-5-12-7-22(28(4,24)25)8-17(12,6-13)16-18-11(3)21-27-16/h12-13H,5-8H2,1-4H3,(H,19,23)/t12?,13-,17+/m1/s1. The third kappa shape index (κ3) is 3.02. The molecule has 10 nitrogen and oxygen atoms in total. The number of nitrogens with one attached hydrogen (secondary N) is 1. The van der Waals surface area contributed by atoms with Crippen LogP contribution in [0.5, 0.6) is 0 Å².